The summed E-state index contributed by atoms with van der Waals surface area (Å²) in [7, 11) is 0. The zero-order valence-electron chi connectivity index (χ0n) is 11.2. The van der Waals surface area contributed by atoms with E-state index < -0.39 is 0 Å². The number of hydrogen-bond donors (Lipinski definition) is 1. The molecule has 0 aromatic carbocycles. The van der Waals surface area contributed by atoms with Crippen molar-refractivity contribution in [3.05, 3.63) is 22.8 Å². The topological polar surface area (TPSA) is 57.1 Å². The lowest BCUT2D eigenvalue weighted by atomic mass is 10.0. The Labute approximate surface area is 121 Å². The number of nitrogens with one attached hydrogen (secondary N) is 1. The van der Waals surface area contributed by atoms with Crippen molar-refractivity contribution in [3.63, 3.8) is 0 Å². The molecule has 2 aliphatic heterocycles. The maximum absolute atomic E-state index is 12.2. The number of allylic oxidation sites excluding steroid dienone is 3. The van der Waals surface area contributed by atoms with E-state index in [4.69, 9.17) is 0 Å². The Hall–Kier alpha value is -1.40. The quantitative estimate of drug-likeness (QED) is 0.824. The summed E-state index contributed by atoms with van der Waals surface area (Å²) in [5.41, 5.74) is 4.94. The molecule has 2 aliphatic carbocycles. The third kappa shape index (κ3) is 2.13. The average molecular weight is 288 g/mol. The highest BCUT2D eigenvalue weighted by Gasteiger charge is 2.39. The highest BCUT2D eigenvalue weighted by molar-refractivity contribution is 7.99. The Bertz CT molecular complexity index is 596. The first-order valence-corrected chi connectivity index (χ1v) is 8.17. The van der Waals surface area contributed by atoms with Crippen molar-refractivity contribution in [1.82, 2.24) is 10.2 Å². The van der Waals surface area contributed by atoms with Crippen molar-refractivity contribution >= 4 is 29.1 Å². The summed E-state index contributed by atoms with van der Waals surface area (Å²) in [5.74, 6) is 2.30. The van der Waals surface area contributed by atoms with Crippen LogP contribution in [0, 0.1) is 0 Å². The zero-order valence-corrected chi connectivity index (χ0v) is 12.0. The second kappa shape index (κ2) is 4.86. The monoisotopic (exact) mass is 288 g/mol. The summed E-state index contributed by atoms with van der Waals surface area (Å²) in [6.45, 7) is 3.84. The standard InChI is InChI=1S/C14H16N4OS/c19-14(15-1-2-18-3-5-20-6-4-18)13-11-8-9-7-10(9)12(11)16-17-13/h8H,1-7H2,(H,15,19). The van der Waals surface area contributed by atoms with Crippen molar-refractivity contribution < 1.29 is 4.79 Å². The molecule has 1 amide bonds. The van der Waals surface area contributed by atoms with Crippen molar-refractivity contribution in [3.8, 4) is 0 Å². The van der Waals surface area contributed by atoms with Crippen molar-refractivity contribution in [1.29, 1.82) is 0 Å². The van der Waals surface area contributed by atoms with Crippen LogP contribution in [0.2, 0.25) is 0 Å². The van der Waals surface area contributed by atoms with E-state index in [1.54, 1.807) is 0 Å². The van der Waals surface area contributed by atoms with Crippen LogP contribution in [0.25, 0.3) is 0 Å². The van der Waals surface area contributed by atoms with E-state index >= 15 is 0 Å². The fourth-order valence-electron chi connectivity index (χ4n) is 2.78. The lowest BCUT2D eigenvalue weighted by molar-refractivity contribution is -0.114. The Kier molecular flexibility index (Phi) is 3.00. The number of carbonyl (C=O) groups is 1. The normalized spacial score (nSPS) is 23.9. The number of amides is 1. The van der Waals surface area contributed by atoms with E-state index in [0.29, 0.717) is 12.3 Å². The summed E-state index contributed by atoms with van der Waals surface area (Å²) >= 11 is 2.00. The zero-order chi connectivity index (χ0) is 13.5. The van der Waals surface area contributed by atoms with Crippen molar-refractivity contribution in [2.45, 2.75) is 6.42 Å². The maximum atomic E-state index is 12.2. The number of nitrogens with zero attached hydrogens (tertiary/aromatic N) is 3. The molecule has 5 nitrogen and oxygen atoms in total. The second-order valence-electron chi connectivity index (χ2n) is 5.35. The predicted octanol–water partition coefficient (Wildman–Crippen LogP) is 0.602. The van der Waals surface area contributed by atoms with Crippen LogP contribution in [0.1, 0.15) is 6.42 Å². The van der Waals surface area contributed by atoms with Gasteiger partial charge in [-0.05, 0) is 17.2 Å². The third-order valence-electron chi connectivity index (χ3n) is 4.03. The lowest BCUT2D eigenvalue weighted by Gasteiger charge is -2.25. The molecular weight excluding hydrogens is 272 g/mol. The number of fused-ring (bicyclic) bond motifs is 2. The second-order valence-corrected chi connectivity index (χ2v) is 6.57. The smallest absolute Gasteiger partial charge is 0.272 e. The van der Waals surface area contributed by atoms with Crippen LogP contribution in [-0.4, -0.2) is 59.9 Å². The van der Waals surface area contributed by atoms with E-state index in [0.717, 1.165) is 37.3 Å². The molecule has 1 fully saturated rings. The van der Waals surface area contributed by atoms with Gasteiger partial charge in [0, 0.05) is 49.7 Å². The van der Waals surface area contributed by atoms with Crippen LogP contribution in [0.15, 0.2) is 33.0 Å². The molecule has 1 saturated heterocycles. The summed E-state index contributed by atoms with van der Waals surface area (Å²) in [6, 6.07) is 0. The number of thioether (sulfide) groups is 1. The summed E-state index contributed by atoms with van der Waals surface area (Å²) in [6.07, 6.45) is 3.08. The van der Waals surface area contributed by atoms with Gasteiger partial charge in [-0.1, -0.05) is 0 Å². The van der Waals surface area contributed by atoms with Gasteiger partial charge in [0.05, 0.1) is 5.71 Å². The van der Waals surface area contributed by atoms with Crippen LogP contribution in [0.4, 0.5) is 0 Å². The van der Waals surface area contributed by atoms with E-state index in [2.05, 4.69) is 26.5 Å². The lowest BCUT2D eigenvalue weighted by Crippen LogP contribution is -2.41. The van der Waals surface area contributed by atoms with Gasteiger partial charge in [-0.15, -0.1) is 10.2 Å². The van der Waals surface area contributed by atoms with Gasteiger partial charge in [-0.2, -0.15) is 11.8 Å². The third-order valence-corrected chi connectivity index (χ3v) is 4.97. The van der Waals surface area contributed by atoms with Gasteiger partial charge < -0.3 is 5.32 Å². The molecule has 0 spiro atoms. The highest BCUT2D eigenvalue weighted by Crippen LogP contribution is 2.43. The maximum Gasteiger partial charge on any atom is 0.272 e. The van der Waals surface area contributed by atoms with Gasteiger partial charge in [0.25, 0.3) is 5.91 Å². The molecule has 4 rings (SSSR count). The molecule has 0 radical (unpaired) electrons. The molecule has 0 aromatic rings. The van der Waals surface area contributed by atoms with Crippen molar-refractivity contribution in [2.24, 2.45) is 10.2 Å². The van der Waals surface area contributed by atoms with E-state index in [-0.39, 0.29) is 5.91 Å². The first-order chi connectivity index (χ1) is 9.83. The molecule has 0 aromatic heterocycles. The molecule has 0 saturated carbocycles. The van der Waals surface area contributed by atoms with Gasteiger partial charge >= 0.3 is 0 Å². The summed E-state index contributed by atoms with van der Waals surface area (Å²) in [4.78, 5) is 14.5. The minimum absolute atomic E-state index is 0.0936. The average Bonchev–Trinajstić information content (AvgIpc) is 2.95. The van der Waals surface area contributed by atoms with Gasteiger partial charge in [0.15, 0.2) is 5.71 Å². The van der Waals surface area contributed by atoms with Crippen LogP contribution in [-0.2, 0) is 4.79 Å². The number of hydrogen-bond acceptors (Lipinski definition) is 5. The molecule has 6 heteroatoms. The van der Waals surface area contributed by atoms with Crippen LogP contribution in [0.5, 0.6) is 0 Å². The fraction of sp³-hybridized carbons (Fsp3) is 0.500. The molecule has 2 heterocycles. The minimum atomic E-state index is -0.0936. The van der Waals surface area contributed by atoms with Crippen LogP contribution in [0.3, 0.4) is 0 Å². The molecule has 0 bridgehead atoms. The fourth-order valence-corrected chi connectivity index (χ4v) is 3.76. The van der Waals surface area contributed by atoms with Gasteiger partial charge in [0.1, 0.15) is 0 Å². The molecule has 0 unspecified atom stereocenters. The first-order valence-electron chi connectivity index (χ1n) is 7.02. The number of carbonyl (C=O) groups excluding carboxylic acids is 1. The molecule has 20 heavy (non-hydrogen) atoms. The molecule has 4 aliphatic rings. The Morgan fingerprint density at radius 1 is 1.35 bits per heavy atom. The number of rotatable bonds is 4. The largest absolute Gasteiger partial charge is 0.349 e. The Morgan fingerprint density at radius 3 is 3.05 bits per heavy atom. The van der Waals surface area contributed by atoms with Gasteiger partial charge in [-0.25, -0.2) is 0 Å². The van der Waals surface area contributed by atoms with E-state index in [9.17, 15) is 4.79 Å². The highest BCUT2D eigenvalue weighted by atomic mass is 32.2. The minimum Gasteiger partial charge on any atom is -0.349 e. The summed E-state index contributed by atoms with van der Waals surface area (Å²) in [5, 5.41) is 11.1. The molecule has 1 N–H and O–H groups in total. The Morgan fingerprint density at radius 2 is 2.20 bits per heavy atom. The molecular formula is C14H16N4OS. The van der Waals surface area contributed by atoms with Crippen molar-refractivity contribution in [2.75, 3.05) is 37.7 Å². The van der Waals surface area contributed by atoms with Gasteiger partial charge in [-0.3, -0.25) is 9.69 Å². The first kappa shape index (κ1) is 12.3. The van der Waals surface area contributed by atoms with Crippen LogP contribution >= 0.6 is 11.8 Å². The molecule has 104 valence electrons. The van der Waals surface area contributed by atoms with E-state index in [1.165, 1.54) is 22.7 Å². The Balaban J connectivity index is 1.28. The van der Waals surface area contributed by atoms with Gasteiger partial charge in [0.2, 0.25) is 0 Å². The SMILES string of the molecule is O=C(NCCN1CCSCC1)C1=NN=C2C1=CC1=C2C1. The molecule has 0 atom stereocenters. The van der Waals surface area contributed by atoms with E-state index in [1.807, 2.05) is 11.8 Å². The predicted molar refractivity (Wildman–Crippen MR) is 81.4 cm³/mol. The summed E-state index contributed by atoms with van der Waals surface area (Å²) < 4.78 is 0. The van der Waals surface area contributed by atoms with Crippen LogP contribution < -0.4 is 5.32 Å².